The molecular formula is C10H16Br2N2S. The quantitative estimate of drug-likeness (QED) is 0.733. The Balaban J connectivity index is 2.12. The predicted molar refractivity (Wildman–Crippen MR) is 74.6 cm³/mol. The summed E-state index contributed by atoms with van der Waals surface area (Å²) in [6.45, 7) is 6.27. The molecule has 0 radical (unpaired) electrons. The van der Waals surface area contributed by atoms with E-state index in [1.54, 1.807) is 11.3 Å². The highest BCUT2D eigenvalue weighted by atomic mass is 79.9. The van der Waals surface area contributed by atoms with Crippen molar-refractivity contribution in [3.63, 3.8) is 0 Å². The van der Waals surface area contributed by atoms with E-state index in [-0.39, 0.29) is 0 Å². The van der Waals surface area contributed by atoms with E-state index in [1.807, 2.05) is 0 Å². The van der Waals surface area contributed by atoms with Crippen LogP contribution < -0.4 is 10.6 Å². The molecule has 15 heavy (non-hydrogen) atoms. The van der Waals surface area contributed by atoms with Crippen LogP contribution in [0.2, 0.25) is 0 Å². The third-order valence-electron chi connectivity index (χ3n) is 1.95. The van der Waals surface area contributed by atoms with Crippen LogP contribution in [-0.2, 0) is 6.54 Å². The SMILES string of the molecule is CCCNCCNCc1cc(Br)sc1Br. The maximum atomic E-state index is 3.54. The summed E-state index contributed by atoms with van der Waals surface area (Å²) < 4.78 is 2.39. The highest BCUT2D eigenvalue weighted by Crippen LogP contribution is 2.31. The Morgan fingerprint density at radius 2 is 1.93 bits per heavy atom. The fraction of sp³-hybridized carbons (Fsp3) is 0.600. The van der Waals surface area contributed by atoms with E-state index >= 15 is 0 Å². The Bertz CT molecular complexity index is 289. The average molecular weight is 356 g/mol. The van der Waals surface area contributed by atoms with Crippen LogP contribution in [0, 0.1) is 0 Å². The van der Waals surface area contributed by atoms with Crippen molar-refractivity contribution in [1.82, 2.24) is 10.6 Å². The molecule has 0 aliphatic heterocycles. The van der Waals surface area contributed by atoms with Crippen molar-refractivity contribution in [3.8, 4) is 0 Å². The first-order chi connectivity index (χ1) is 7.24. The Morgan fingerprint density at radius 3 is 2.53 bits per heavy atom. The second kappa shape index (κ2) is 7.79. The Labute approximate surface area is 112 Å². The molecule has 5 heteroatoms. The molecule has 1 aromatic heterocycles. The maximum Gasteiger partial charge on any atom is 0.0755 e. The molecule has 0 aromatic carbocycles. The van der Waals surface area contributed by atoms with Gasteiger partial charge >= 0.3 is 0 Å². The van der Waals surface area contributed by atoms with Gasteiger partial charge in [-0.05, 0) is 56.5 Å². The van der Waals surface area contributed by atoms with Gasteiger partial charge in [0.2, 0.25) is 0 Å². The van der Waals surface area contributed by atoms with E-state index in [9.17, 15) is 0 Å². The standard InChI is InChI=1S/C10H16Br2N2S/c1-2-3-13-4-5-14-7-8-6-9(11)15-10(8)12/h6,13-14H,2-5,7H2,1H3. The Hall–Kier alpha value is 0.580. The van der Waals surface area contributed by atoms with Crippen molar-refractivity contribution in [1.29, 1.82) is 0 Å². The van der Waals surface area contributed by atoms with E-state index in [4.69, 9.17) is 0 Å². The third-order valence-corrected chi connectivity index (χ3v) is 4.41. The van der Waals surface area contributed by atoms with Crippen molar-refractivity contribution < 1.29 is 0 Å². The molecule has 2 N–H and O–H groups in total. The highest BCUT2D eigenvalue weighted by Gasteiger charge is 2.03. The normalized spacial score (nSPS) is 10.9. The number of halogens is 2. The molecule has 2 nitrogen and oxygen atoms in total. The molecule has 0 saturated carbocycles. The molecule has 0 spiro atoms. The van der Waals surface area contributed by atoms with Crippen LogP contribution in [0.3, 0.4) is 0 Å². The van der Waals surface area contributed by atoms with E-state index < -0.39 is 0 Å². The van der Waals surface area contributed by atoms with Gasteiger partial charge in [-0.2, -0.15) is 0 Å². The van der Waals surface area contributed by atoms with Crippen LogP contribution in [0.1, 0.15) is 18.9 Å². The van der Waals surface area contributed by atoms with Crippen LogP contribution >= 0.6 is 43.2 Å². The van der Waals surface area contributed by atoms with E-state index in [0.29, 0.717) is 0 Å². The first-order valence-electron chi connectivity index (χ1n) is 5.09. The summed E-state index contributed by atoms with van der Waals surface area (Å²) in [5.41, 5.74) is 1.32. The van der Waals surface area contributed by atoms with Gasteiger partial charge in [-0.1, -0.05) is 6.92 Å². The van der Waals surface area contributed by atoms with E-state index in [2.05, 4.69) is 55.5 Å². The summed E-state index contributed by atoms with van der Waals surface area (Å²) in [6, 6.07) is 2.15. The molecule has 86 valence electrons. The second-order valence-corrected chi connectivity index (χ2v) is 7.03. The average Bonchev–Trinajstić information content (AvgIpc) is 2.51. The van der Waals surface area contributed by atoms with Gasteiger partial charge in [0.05, 0.1) is 7.57 Å². The molecule has 1 aromatic rings. The third kappa shape index (κ3) is 5.45. The molecule has 0 saturated heterocycles. The van der Waals surface area contributed by atoms with Crippen LogP contribution in [0.25, 0.3) is 0 Å². The van der Waals surface area contributed by atoms with E-state index in [1.165, 1.54) is 19.6 Å². The summed E-state index contributed by atoms with van der Waals surface area (Å²) in [6.07, 6.45) is 1.20. The summed E-state index contributed by atoms with van der Waals surface area (Å²) in [4.78, 5) is 0. The summed E-state index contributed by atoms with van der Waals surface area (Å²) in [7, 11) is 0. The molecule has 0 bridgehead atoms. The van der Waals surface area contributed by atoms with Gasteiger partial charge in [0.15, 0.2) is 0 Å². The van der Waals surface area contributed by atoms with Crippen LogP contribution in [0.5, 0.6) is 0 Å². The molecule has 0 aliphatic rings. The minimum atomic E-state index is 0.927. The largest absolute Gasteiger partial charge is 0.315 e. The van der Waals surface area contributed by atoms with Crippen molar-refractivity contribution in [2.45, 2.75) is 19.9 Å². The molecule has 0 fully saturated rings. The lowest BCUT2D eigenvalue weighted by Gasteiger charge is -2.04. The monoisotopic (exact) mass is 354 g/mol. The lowest BCUT2D eigenvalue weighted by atomic mass is 10.3. The summed E-state index contributed by atoms with van der Waals surface area (Å²) >= 11 is 8.74. The minimum Gasteiger partial charge on any atom is -0.315 e. The first-order valence-corrected chi connectivity index (χ1v) is 7.49. The van der Waals surface area contributed by atoms with E-state index in [0.717, 1.165) is 26.2 Å². The van der Waals surface area contributed by atoms with Crippen LogP contribution in [0.4, 0.5) is 0 Å². The Kier molecular flexibility index (Phi) is 7.08. The molecule has 0 unspecified atom stereocenters. The van der Waals surface area contributed by atoms with Gasteiger partial charge < -0.3 is 10.6 Å². The fourth-order valence-corrected chi connectivity index (χ4v) is 4.02. The molecule has 0 amide bonds. The molecule has 1 heterocycles. The van der Waals surface area contributed by atoms with Crippen LogP contribution in [0.15, 0.2) is 13.6 Å². The lowest BCUT2D eigenvalue weighted by Crippen LogP contribution is -2.27. The summed E-state index contributed by atoms with van der Waals surface area (Å²) in [5.74, 6) is 0. The van der Waals surface area contributed by atoms with Gasteiger partial charge in [-0.15, -0.1) is 11.3 Å². The second-order valence-electron chi connectivity index (χ2n) is 3.28. The smallest absolute Gasteiger partial charge is 0.0755 e. The molecule has 0 atom stereocenters. The number of rotatable bonds is 7. The van der Waals surface area contributed by atoms with Crippen molar-refractivity contribution in [2.24, 2.45) is 0 Å². The number of thiophene rings is 1. The van der Waals surface area contributed by atoms with Gasteiger partial charge in [-0.25, -0.2) is 0 Å². The highest BCUT2D eigenvalue weighted by molar-refractivity contribution is 9.12. The number of hydrogen-bond acceptors (Lipinski definition) is 3. The van der Waals surface area contributed by atoms with Crippen molar-refractivity contribution in [2.75, 3.05) is 19.6 Å². The molecule has 1 rings (SSSR count). The Morgan fingerprint density at radius 1 is 1.20 bits per heavy atom. The van der Waals surface area contributed by atoms with Gasteiger partial charge in [-0.3, -0.25) is 0 Å². The van der Waals surface area contributed by atoms with Gasteiger partial charge in [0.25, 0.3) is 0 Å². The number of hydrogen-bond donors (Lipinski definition) is 2. The maximum absolute atomic E-state index is 3.54. The van der Waals surface area contributed by atoms with Gasteiger partial charge in [0, 0.05) is 19.6 Å². The zero-order valence-corrected chi connectivity index (χ0v) is 12.8. The summed E-state index contributed by atoms with van der Waals surface area (Å²) in [5, 5.41) is 6.77. The van der Waals surface area contributed by atoms with Crippen molar-refractivity contribution in [3.05, 3.63) is 19.2 Å². The first kappa shape index (κ1) is 13.6. The molecular weight excluding hydrogens is 340 g/mol. The van der Waals surface area contributed by atoms with Gasteiger partial charge in [0.1, 0.15) is 0 Å². The number of nitrogens with one attached hydrogen (secondary N) is 2. The fourth-order valence-electron chi connectivity index (χ4n) is 1.20. The zero-order chi connectivity index (χ0) is 11.1. The topological polar surface area (TPSA) is 24.1 Å². The van der Waals surface area contributed by atoms with Crippen LogP contribution in [-0.4, -0.2) is 19.6 Å². The lowest BCUT2D eigenvalue weighted by molar-refractivity contribution is 0.607. The zero-order valence-electron chi connectivity index (χ0n) is 8.78. The minimum absolute atomic E-state index is 0.927. The van der Waals surface area contributed by atoms with Crippen molar-refractivity contribution >= 4 is 43.2 Å². The molecule has 0 aliphatic carbocycles. The predicted octanol–water partition coefficient (Wildman–Crippen LogP) is 3.36.